The number of carbonyl (C=O) groups is 2. The zero-order valence-electron chi connectivity index (χ0n) is 19.6. The number of piperazine rings is 1. The molecule has 1 saturated carbocycles. The Labute approximate surface area is 203 Å². The summed E-state index contributed by atoms with van der Waals surface area (Å²) in [4.78, 5) is 39.5. The molecule has 184 valence electrons. The fraction of sp³-hybridized carbons (Fsp3) is 0.520. The summed E-state index contributed by atoms with van der Waals surface area (Å²) in [5.41, 5.74) is 0.875. The smallest absolute Gasteiger partial charge is 0.244 e. The van der Waals surface area contributed by atoms with Crippen LogP contribution in [0.3, 0.4) is 0 Å². The summed E-state index contributed by atoms with van der Waals surface area (Å²) >= 11 is 0. The standard InChI is InChI=1S/C25H30FN7O2/c26-19-13-17(5-6-20(19)32-11-9-27-10-12-32)30-24-29-15-16-14-25(7-8-28-22(25)34)23(35)33(21(16)31-24)18-3-1-2-4-18/h5-6,13,15,18,27H,1-4,7-12,14H2,(H,28,34)(H,29,30,31). The number of amides is 2. The molecule has 3 N–H and O–H groups in total. The highest BCUT2D eigenvalue weighted by atomic mass is 19.1. The highest BCUT2D eigenvalue weighted by Gasteiger charge is 2.56. The molecule has 1 spiro atoms. The molecule has 3 aliphatic heterocycles. The van der Waals surface area contributed by atoms with Crippen molar-refractivity contribution in [1.82, 2.24) is 20.6 Å². The minimum absolute atomic E-state index is 0.0327. The van der Waals surface area contributed by atoms with Crippen LogP contribution in [0, 0.1) is 11.2 Å². The van der Waals surface area contributed by atoms with E-state index in [1.165, 1.54) is 6.07 Å². The first-order chi connectivity index (χ1) is 17.0. The molecule has 1 aromatic heterocycles. The first-order valence-electron chi connectivity index (χ1n) is 12.6. The van der Waals surface area contributed by atoms with E-state index in [9.17, 15) is 14.0 Å². The molecule has 0 bridgehead atoms. The molecule has 1 aliphatic carbocycles. The molecular formula is C25H30FN7O2. The number of halogens is 1. The Bertz CT molecular complexity index is 1160. The maximum atomic E-state index is 14.9. The van der Waals surface area contributed by atoms with Crippen molar-refractivity contribution in [3.05, 3.63) is 35.8 Å². The lowest BCUT2D eigenvalue weighted by molar-refractivity contribution is -0.140. The van der Waals surface area contributed by atoms with Crippen molar-refractivity contribution in [2.24, 2.45) is 5.41 Å². The predicted molar refractivity (Wildman–Crippen MR) is 130 cm³/mol. The van der Waals surface area contributed by atoms with E-state index in [0.29, 0.717) is 42.5 Å². The highest BCUT2D eigenvalue weighted by Crippen LogP contribution is 2.44. The van der Waals surface area contributed by atoms with E-state index in [0.717, 1.165) is 57.4 Å². The SMILES string of the molecule is O=C1NCCC12Cc1cnc(Nc3ccc(N4CCNCC4)c(F)c3)nc1N(C1CCCC1)C2=O. The van der Waals surface area contributed by atoms with Gasteiger partial charge < -0.3 is 20.9 Å². The van der Waals surface area contributed by atoms with Crippen molar-refractivity contribution in [3.63, 3.8) is 0 Å². The average molecular weight is 480 g/mol. The Balaban J connectivity index is 1.30. The van der Waals surface area contributed by atoms with E-state index < -0.39 is 5.41 Å². The van der Waals surface area contributed by atoms with Crippen molar-refractivity contribution in [1.29, 1.82) is 0 Å². The minimum atomic E-state index is -1.06. The topological polar surface area (TPSA) is 102 Å². The molecule has 4 aliphatic rings. The Kier molecular flexibility index (Phi) is 5.55. The molecule has 2 amide bonds. The lowest BCUT2D eigenvalue weighted by Gasteiger charge is -2.40. The molecular weight excluding hydrogens is 449 g/mol. The van der Waals surface area contributed by atoms with E-state index in [1.807, 2.05) is 11.0 Å². The lowest BCUT2D eigenvalue weighted by Crippen LogP contribution is -2.56. The van der Waals surface area contributed by atoms with E-state index in [2.05, 4.69) is 20.9 Å². The maximum Gasteiger partial charge on any atom is 0.244 e. The van der Waals surface area contributed by atoms with Crippen LogP contribution in [0.1, 0.15) is 37.7 Å². The van der Waals surface area contributed by atoms with Gasteiger partial charge in [0.2, 0.25) is 17.8 Å². The molecule has 10 heteroatoms. The second-order valence-corrected chi connectivity index (χ2v) is 9.95. The number of aromatic nitrogens is 2. The number of fused-ring (bicyclic) bond motifs is 1. The van der Waals surface area contributed by atoms with Crippen molar-refractivity contribution >= 4 is 35.0 Å². The molecule has 4 heterocycles. The van der Waals surface area contributed by atoms with Crippen molar-refractivity contribution in [3.8, 4) is 0 Å². The molecule has 2 saturated heterocycles. The Morgan fingerprint density at radius 2 is 1.91 bits per heavy atom. The van der Waals surface area contributed by atoms with Crippen LogP contribution >= 0.6 is 0 Å². The van der Waals surface area contributed by atoms with Gasteiger partial charge in [0, 0.05) is 62.6 Å². The van der Waals surface area contributed by atoms with Gasteiger partial charge in [-0.1, -0.05) is 12.8 Å². The van der Waals surface area contributed by atoms with Gasteiger partial charge in [0.15, 0.2) is 0 Å². The second kappa shape index (κ2) is 8.75. The third-order valence-electron chi connectivity index (χ3n) is 7.81. The van der Waals surface area contributed by atoms with Gasteiger partial charge in [-0.25, -0.2) is 9.37 Å². The molecule has 6 rings (SSSR count). The van der Waals surface area contributed by atoms with Gasteiger partial charge in [0.25, 0.3) is 0 Å². The minimum Gasteiger partial charge on any atom is -0.367 e. The normalized spacial score (nSPS) is 24.7. The van der Waals surface area contributed by atoms with Gasteiger partial charge >= 0.3 is 0 Å². The number of rotatable bonds is 4. The van der Waals surface area contributed by atoms with E-state index in [-0.39, 0.29) is 23.7 Å². The average Bonchev–Trinajstić information content (AvgIpc) is 3.52. The molecule has 3 fully saturated rings. The zero-order valence-corrected chi connectivity index (χ0v) is 19.6. The molecule has 1 unspecified atom stereocenters. The lowest BCUT2D eigenvalue weighted by atomic mass is 9.76. The van der Waals surface area contributed by atoms with Crippen molar-refractivity contribution in [2.45, 2.75) is 44.6 Å². The third kappa shape index (κ3) is 3.80. The number of benzene rings is 1. The third-order valence-corrected chi connectivity index (χ3v) is 7.81. The summed E-state index contributed by atoms with van der Waals surface area (Å²) < 4.78 is 14.9. The zero-order chi connectivity index (χ0) is 24.0. The highest BCUT2D eigenvalue weighted by molar-refractivity contribution is 6.14. The first-order valence-corrected chi connectivity index (χ1v) is 12.6. The molecule has 35 heavy (non-hydrogen) atoms. The Morgan fingerprint density at radius 1 is 1.11 bits per heavy atom. The van der Waals surface area contributed by atoms with Gasteiger partial charge in [-0.2, -0.15) is 4.98 Å². The van der Waals surface area contributed by atoms with E-state index >= 15 is 0 Å². The number of nitrogens with one attached hydrogen (secondary N) is 3. The van der Waals surface area contributed by atoms with Gasteiger partial charge in [-0.15, -0.1) is 0 Å². The van der Waals surface area contributed by atoms with Crippen LogP contribution in [0.2, 0.25) is 0 Å². The van der Waals surface area contributed by atoms with Gasteiger partial charge in [0.05, 0.1) is 5.69 Å². The van der Waals surface area contributed by atoms with Crippen LogP contribution in [-0.4, -0.2) is 60.5 Å². The molecule has 1 aromatic carbocycles. The van der Waals surface area contributed by atoms with Crippen LogP contribution in [-0.2, 0) is 16.0 Å². The van der Waals surface area contributed by atoms with E-state index in [1.54, 1.807) is 17.2 Å². The molecule has 0 radical (unpaired) electrons. The second-order valence-electron chi connectivity index (χ2n) is 9.95. The summed E-state index contributed by atoms with van der Waals surface area (Å²) in [6.45, 7) is 3.71. The summed E-state index contributed by atoms with van der Waals surface area (Å²) in [5.74, 6) is 0.233. The van der Waals surface area contributed by atoms with Crippen LogP contribution in [0.5, 0.6) is 0 Å². The Morgan fingerprint density at radius 3 is 2.63 bits per heavy atom. The Hall–Kier alpha value is -3.27. The summed E-state index contributed by atoms with van der Waals surface area (Å²) in [6, 6.07) is 5.09. The maximum absolute atomic E-state index is 14.9. The number of nitrogens with zero attached hydrogens (tertiary/aromatic N) is 4. The number of hydrogen-bond donors (Lipinski definition) is 3. The predicted octanol–water partition coefficient (Wildman–Crippen LogP) is 2.11. The van der Waals surface area contributed by atoms with Crippen LogP contribution < -0.4 is 25.8 Å². The fourth-order valence-electron chi connectivity index (χ4n) is 5.94. The van der Waals surface area contributed by atoms with E-state index in [4.69, 9.17) is 4.98 Å². The fourth-order valence-corrected chi connectivity index (χ4v) is 5.94. The molecule has 2 aromatic rings. The summed E-state index contributed by atoms with van der Waals surface area (Å²) in [6.07, 6.45) is 6.41. The van der Waals surface area contributed by atoms with Gasteiger partial charge in [-0.05, 0) is 37.5 Å². The van der Waals surface area contributed by atoms with Gasteiger partial charge in [-0.3, -0.25) is 14.5 Å². The quantitative estimate of drug-likeness (QED) is 0.577. The number of anilines is 4. The number of carbonyl (C=O) groups excluding carboxylic acids is 2. The van der Waals surface area contributed by atoms with Gasteiger partial charge in [0.1, 0.15) is 17.1 Å². The first kappa shape index (κ1) is 22.2. The van der Waals surface area contributed by atoms with Crippen LogP contribution in [0.4, 0.5) is 27.5 Å². The van der Waals surface area contributed by atoms with Crippen LogP contribution in [0.25, 0.3) is 0 Å². The molecule has 1 atom stereocenters. The van der Waals surface area contributed by atoms with Crippen molar-refractivity contribution in [2.75, 3.05) is 47.8 Å². The monoisotopic (exact) mass is 479 g/mol. The summed E-state index contributed by atoms with van der Waals surface area (Å²) in [7, 11) is 0. The largest absolute Gasteiger partial charge is 0.367 e. The molecule has 9 nitrogen and oxygen atoms in total. The van der Waals surface area contributed by atoms with Crippen molar-refractivity contribution < 1.29 is 14.0 Å². The number of hydrogen-bond acceptors (Lipinski definition) is 7. The van der Waals surface area contributed by atoms with Crippen LogP contribution in [0.15, 0.2) is 24.4 Å². The summed E-state index contributed by atoms with van der Waals surface area (Å²) in [5, 5.41) is 9.23.